The van der Waals surface area contributed by atoms with E-state index in [1.54, 1.807) is 36.4 Å². The van der Waals surface area contributed by atoms with Gasteiger partial charge in [0.15, 0.2) is 11.3 Å². The number of methoxy groups -OCH3 is 1. The van der Waals surface area contributed by atoms with Gasteiger partial charge in [-0.3, -0.25) is 9.59 Å². The minimum Gasteiger partial charge on any atom is -0.493 e. The van der Waals surface area contributed by atoms with Crippen molar-refractivity contribution in [1.29, 1.82) is 0 Å². The van der Waals surface area contributed by atoms with Crippen LogP contribution in [-0.4, -0.2) is 18.2 Å². The molecule has 3 aromatic rings. The van der Waals surface area contributed by atoms with Crippen molar-refractivity contribution in [3.8, 4) is 5.75 Å². The fourth-order valence-electron chi connectivity index (χ4n) is 2.39. The van der Waals surface area contributed by atoms with E-state index in [4.69, 9.17) is 14.3 Å². The number of hydrogen-bond acceptors (Lipinski definition) is 4. The molecule has 0 atom stereocenters. The van der Waals surface area contributed by atoms with Gasteiger partial charge in [0.25, 0.3) is 0 Å². The second kappa shape index (κ2) is 4.94. The first-order valence-electron chi connectivity index (χ1n) is 6.35. The van der Waals surface area contributed by atoms with Crippen molar-refractivity contribution in [2.75, 3.05) is 7.11 Å². The summed E-state index contributed by atoms with van der Waals surface area (Å²) in [6, 6.07) is 9.99. The smallest absolute Gasteiger partial charge is 0.307 e. The number of fused-ring (bicyclic) bond motifs is 2. The molecule has 0 unspecified atom stereocenters. The topological polar surface area (TPSA) is 76.7 Å². The molecule has 0 amide bonds. The maximum Gasteiger partial charge on any atom is 0.307 e. The van der Waals surface area contributed by atoms with E-state index < -0.39 is 5.97 Å². The van der Waals surface area contributed by atoms with Gasteiger partial charge < -0.3 is 14.3 Å². The zero-order valence-corrected chi connectivity index (χ0v) is 11.3. The fraction of sp³-hybridized carbons (Fsp3) is 0.125. The molecule has 1 aromatic heterocycles. The van der Waals surface area contributed by atoms with Gasteiger partial charge in [-0.2, -0.15) is 0 Å². The average Bonchev–Trinajstić information content (AvgIpc) is 2.47. The van der Waals surface area contributed by atoms with Crippen molar-refractivity contribution in [2.45, 2.75) is 6.42 Å². The van der Waals surface area contributed by atoms with Crippen LogP contribution < -0.4 is 10.2 Å². The quantitative estimate of drug-likeness (QED) is 0.748. The molecule has 0 aliphatic rings. The Morgan fingerprint density at radius 1 is 1.14 bits per heavy atom. The van der Waals surface area contributed by atoms with Crippen LogP contribution in [0.15, 0.2) is 45.6 Å². The van der Waals surface area contributed by atoms with Crippen molar-refractivity contribution in [3.05, 3.63) is 52.2 Å². The molecule has 0 spiro atoms. The molecule has 0 radical (unpaired) electrons. The van der Waals surface area contributed by atoms with E-state index in [0.717, 1.165) is 0 Å². The van der Waals surface area contributed by atoms with Crippen LogP contribution in [0.1, 0.15) is 5.56 Å². The summed E-state index contributed by atoms with van der Waals surface area (Å²) in [6.45, 7) is 0. The predicted molar refractivity (Wildman–Crippen MR) is 77.9 cm³/mol. The van der Waals surface area contributed by atoms with Gasteiger partial charge in [0, 0.05) is 5.56 Å². The molecular formula is C16H12O5. The van der Waals surface area contributed by atoms with E-state index in [-0.39, 0.29) is 11.8 Å². The van der Waals surface area contributed by atoms with E-state index in [9.17, 15) is 9.59 Å². The van der Waals surface area contributed by atoms with Crippen LogP contribution in [0.4, 0.5) is 0 Å². The first-order chi connectivity index (χ1) is 10.1. The standard InChI is InChI=1S/C16H12O5/c1-20-12-7-3-6-11-14(19)10-5-2-4-9(8-13(17)18)15(10)21-16(11)12/h2-7H,8H2,1H3,(H,17,18). The van der Waals surface area contributed by atoms with E-state index in [1.807, 2.05) is 0 Å². The van der Waals surface area contributed by atoms with E-state index in [2.05, 4.69) is 0 Å². The minimum atomic E-state index is -0.981. The molecular weight excluding hydrogens is 272 g/mol. The minimum absolute atomic E-state index is 0.197. The molecule has 2 aromatic carbocycles. The van der Waals surface area contributed by atoms with Crippen LogP contribution in [0.3, 0.4) is 0 Å². The second-order valence-corrected chi connectivity index (χ2v) is 4.63. The van der Waals surface area contributed by atoms with Crippen LogP contribution in [0.25, 0.3) is 21.9 Å². The van der Waals surface area contributed by atoms with Gasteiger partial charge in [0.2, 0.25) is 5.43 Å². The molecule has 5 heteroatoms. The van der Waals surface area contributed by atoms with Crippen LogP contribution in [0.2, 0.25) is 0 Å². The van der Waals surface area contributed by atoms with Crippen molar-refractivity contribution >= 4 is 27.9 Å². The maximum atomic E-state index is 12.5. The van der Waals surface area contributed by atoms with Crippen LogP contribution in [-0.2, 0) is 11.2 Å². The summed E-state index contributed by atoms with van der Waals surface area (Å²) >= 11 is 0. The first-order valence-corrected chi connectivity index (χ1v) is 6.35. The number of carboxylic acid groups (broad SMARTS) is 1. The highest BCUT2D eigenvalue weighted by molar-refractivity contribution is 5.94. The summed E-state index contributed by atoms with van der Waals surface area (Å²) in [7, 11) is 1.49. The lowest BCUT2D eigenvalue weighted by Crippen LogP contribution is -2.06. The number of ether oxygens (including phenoxy) is 1. The molecule has 1 heterocycles. The normalized spacial score (nSPS) is 10.9. The summed E-state index contributed by atoms with van der Waals surface area (Å²) in [5, 5.41) is 9.75. The highest BCUT2D eigenvalue weighted by atomic mass is 16.5. The monoisotopic (exact) mass is 284 g/mol. The summed E-state index contributed by atoms with van der Waals surface area (Å²) < 4.78 is 11.0. The number of rotatable bonds is 3. The Balaban J connectivity index is 2.46. The summed E-state index contributed by atoms with van der Waals surface area (Å²) in [4.78, 5) is 23.5. The van der Waals surface area contributed by atoms with Crippen LogP contribution in [0.5, 0.6) is 5.75 Å². The number of hydrogen-bond donors (Lipinski definition) is 1. The van der Waals surface area contributed by atoms with Crippen molar-refractivity contribution in [1.82, 2.24) is 0 Å². The Morgan fingerprint density at radius 2 is 1.81 bits per heavy atom. The molecule has 0 aliphatic carbocycles. The van der Waals surface area contributed by atoms with Gasteiger partial charge in [-0.15, -0.1) is 0 Å². The van der Waals surface area contributed by atoms with E-state index >= 15 is 0 Å². The Bertz CT molecular complexity index is 908. The molecule has 0 aliphatic heterocycles. The van der Waals surface area contributed by atoms with Crippen LogP contribution in [0, 0.1) is 0 Å². The van der Waals surface area contributed by atoms with Crippen molar-refractivity contribution in [2.24, 2.45) is 0 Å². The van der Waals surface area contributed by atoms with Gasteiger partial charge in [-0.1, -0.05) is 18.2 Å². The Morgan fingerprint density at radius 3 is 2.48 bits per heavy atom. The Hall–Kier alpha value is -2.82. The zero-order chi connectivity index (χ0) is 15.0. The van der Waals surface area contributed by atoms with Crippen molar-refractivity contribution < 1.29 is 19.1 Å². The van der Waals surface area contributed by atoms with E-state index in [1.165, 1.54) is 7.11 Å². The molecule has 3 rings (SSSR count). The average molecular weight is 284 g/mol. The Kier molecular flexibility index (Phi) is 3.10. The maximum absolute atomic E-state index is 12.5. The summed E-state index contributed by atoms with van der Waals surface area (Å²) in [6.07, 6.45) is -0.207. The highest BCUT2D eigenvalue weighted by Gasteiger charge is 2.14. The lowest BCUT2D eigenvalue weighted by Gasteiger charge is -2.08. The molecule has 21 heavy (non-hydrogen) atoms. The number of aliphatic carboxylic acids is 1. The number of para-hydroxylation sites is 2. The largest absolute Gasteiger partial charge is 0.493 e. The van der Waals surface area contributed by atoms with Crippen LogP contribution >= 0.6 is 0 Å². The first kappa shape index (κ1) is 13.2. The molecule has 5 nitrogen and oxygen atoms in total. The van der Waals surface area contributed by atoms with Gasteiger partial charge in [-0.25, -0.2) is 0 Å². The van der Waals surface area contributed by atoms with Crippen molar-refractivity contribution in [3.63, 3.8) is 0 Å². The Labute approximate surface area is 119 Å². The third kappa shape index (κ3) is 2.12. The molecule has 0 fully saturated rings. The lowest BCUT2D eigenvalue weighted by atomic mass is 10.1. The molecule has 0 saturated carbocycles. The predicted octanol–water partition coefficient (Wildman–Crippen LogP) is 2.58. The second-order valence-electron chi connectivity index (χ2n) is 4.63. The number of benzene rings is 2. The summed E-state index contributed by atoms with van der Waals surface area (Å²) in [5.74, 6) is -0.540. The lowest BCUT2D eigenvalue weighted by molar-refractivity contribution is -0.136. The molecule has 0 bridgehead atoms. The van der Waals surface area contributed by atoms with Gasteiger partial charge in [0.1, 0.15) is 5.58 Å². The molecule has 106 valence electrons. The molecule has 1 N–H and O–H groups in total. The highest BCUT2D eigenvalue weighted by Crippen LogP contribution is 2.28. The third-order valence-corrected chi connectivity index (χ3v) is 3.33. The third-order valence-electron chi connectivity index (χ3n) is 3.33. The SMILES string of the molecule is COc1cccc2c(=O)c3cccc(CC(=O)O)c3oc12. The van der Waals surface area contributed by atoms with Gasteiger partial charge in [0.05, 0.1) is 24.3 Å². The summed E-state index contributed by atoms with van der Waals surface area (Å²) in [5.41, 5.74) is 0.888. The number of carboxylic acids is 1. The fourth-order valence-corrected chi connectivity index (χ4v) is 2.39. The molecule has 0 saturated heterocycles. The zero-order valence-electron chi connectivity index (χ0n) is 11.3. The number of carbonyl (C=O) groups is 1. The van der Waals surface area contributed by atoms with Gasteiger partial charge in [-0.05, 0) is 18.2 Å². The van der Waals surface area contributed by atoms with Gasteiger partial charge >= 0.3 is 5.97 Å². The van der Waals surface area contributed by atoms with E-state index in [0.29, 0.717) is 33.3 Å².